The van der Waals surface area contributed by atoms with Crippen molar-refractivity contribution in [3.63, 3.8) is 0 Å². The van der Waals surface area contributed by atoms with Crippen LogP contribution >= 0.6 is 0 Å². The number of hydrogen-bond acceptors (Lipinski definition) is 6. The number of allylic oxidation sites excluding steroid dienone is 3. The summed E-state index contributed by atoms with van der Waals surface area (Å²) in [7, 11) is 1.44. The Morgan fingerprint density at radius 1 is 1.09 bits per heavy atom. The van der Waals surface area contributed by atoms with E-state index in [1.807, 2.05) is 13.0 Å². The lowest BCUT2D eigenvalue weighted by molar-refractivity contribution is -0.128. The SMILES string of the molecule is CO[C@H]1/C=C\C=C(/C)Cc2cc(O)cc(c2)NC(=O)C[C@H](O)/C(C)=C\[C@@H](C)[C@H](O)CC1=O. The number of anilines is 1. The van der Waals surface area contributed by atoms with E-state index in [2.05, 4.69) is 5.32 Å². The first-order valence-electron chi connectivity index (χ1n) is 10.7. The number of aliphatic hydroxyl groups is 2. The predicted molar refractivity (Wildman–Crippen MR) is 123 cm³/mol. The Balaban J connectivity index is 2.38. The van der Waals surface area contributed by atoms with Gasteiger partial charge in [-0.15, -0.1) is 0 Å². The second kappa shape index (κ2) is 11.8. The molecule has 0 unspecified atom stereocenters. The first-order valence-corrected chi connectivity index (χ1v) is 10.7. The van der Waals surface area contributed by atoms with E-state index in [4.69, 9.17) is 4.74 Å². The summed E-state index contributed by atoms with van der Waals surface area (Å²) in [6.45, 7) is 5.33. The van der Waals surface area contributed by atoms with Crippen molar-refractivity contribution in [2.45, 2.75) is 58.3 Å². The average Bonchev–Trinajstić information content (AvgIpc) is 2.69. The molecule has 1 aliphatic rings. The van der Waals surface area contributed by atoms with Crippen LogP contribution in [0.3, 0.4) is 0 Å². The van der Waals surface area contributed by atoms with E-state index in [0.717, 1.165) is 11.1 Å². The Morgan fingerprint density at radius 3 is 2.50 bits per heavy atom. The lowest BCUT2D eigenvalue weighted by Gasteiger charge is -2.19. The third-order valence-corrected chi connectivity index (χ3v) is 5.43. The smallest absolute Gasteiger partial charge is 0.227 e. The standard InChI is InChI=1S/C25H33NO6/c1-15-6-5-7-24(32-4)23(30)13-21(28)16(2)9-17(3)22(29)14-25(31)26-19-10-18(8-15)11-20(27)12-19/h5-7,9-12,16,21-22,24,27-29H,8,13-14H2,1-4H3,(H,26,31)/b7-5-,15-6+,17-9-/t16-,21-,22+,24+/m1/s1. The third kappa shape index (κ3) is 7.75. The molecule has 0 saturated carbocycles. The molecule has 1 heterocycles. The van der Waals surface area contributed by atoms with Crippen LogP contribution in [0.15, 0.2) is 53.6 Å². The van der Waals surface area contributed by atoms with E-state index in [1.54, 1.807) is 44.2 Å². The highest BCUT2D eigenvalue weighted by molar-refractivity contribution is 5.91. The zero-order chi connectivity index (χ0) is 23.8. The average molecular weight is 444 g/mol. The molecule has 0 fully saturated rings. The predicted octanol–water partition coefficient (Wildman–Crippen LogP) is 3.06. The number of carbonyl (C=O) groups is 2. The number of ether oxygens (including phenoxy) is 1. The third-order valence-electron chi connectivity index (χ3n) is 5.43. The number of phenols is 1. The molecule has 4 N–H and O–H groups in total. The van der Waals surface area contributed by atoms with Gasteiger partial charge in [0.2, 0.25) is 5.91 Å². The zero-order valence-electron chi connectivity index (χ0n) is 19.0. The molecule has 0 saturated heterocycles. The number of fused-ring (bicyclic) bond motifs is 2. The molecule has 4 atom stereocenters. The molecule has 0 spiro atoms. The van der Waals surface area contributed by atoms with Gasteiger partial charge in [-0.1, -0.05) is 30.7 Å². The van der Waals surface area contributed by atoms with Gasteiger partial charge in [-0.25, -0.2) is 0 Å². The van der Waals surface area contributed by atoms with Crippen LogP contribution in [-0.4, -0.2) is 52.4 Å². The molecule has 1 aliphatic heterocycles. The zero-order valence-corrected chi connectivity index (χ0v) is 19.0. The van der Waals surface area contributed by atoms with E-state index in [9.17, 15) is 24.9 Å². The molecular weight excluding hydrogens is 410 g/mol. The molecule has 0 aromatic heterocycles. The Bertz CT molecular complexity index is 917. The van der Waals surface area contributed by atoms with Gasteiger partial charge in [-0.3, -0.25) is 9.59 Å². The fraction of sp³-hybridized carbons (Fsp3) is 0.440. The fourth-order valence-corrected chi connectivity index (χ4v) is 3.56. The Labute approximate surface area is 189 Å². The second-order valence-electron chi connectivity index (χ2n) is 8.39. The Morgan fingerprint density at radius 2 is 1.81 bits per heavy atom. The molecule has 1 amide bonds. The molecule has 174 valence electrons. The number of benzene rings is 1. The van der Waals surface area contributed by atoms with Crippen molar-refractivity contribution in [1.29, 1.82) is 0 Å². The van der Waals surface area contributed by atoms with Gasteiger partial charge in [0, 0.05) is 31.2 Å². The number of nitrogens with one attached hydrogen (secondary N) is 1. The largest absolute Gasteiger partial charge is 0.508 e. The van der Waals surface area contributed by atoms with Crippen LogP contribution < -0.4 is 5.32 Å². The maximum Gasteiger partial charge on any atom is 0.227 e. The van der Waals surface area contributed by atoms with Gasteiger partial charge >= 0.3 is 0 Å². The van der Waals surface area contributed by atoms with Crippen molar-refractivity contribution in [1.82, 2.24) is 0 Å². The lowest BCUT2D eigenvalue weighted by Crippen LogP contribution is -2.28. The van der Waals surface area contributed by atoms with Crippen LogP contribution in [0.25, 0.3) is 0 Å². The van der Waals surface area contributed by atoms with Crippen molar-refractivity contribution in [3.8, 4) is 5.75 Å². The van der Waals surface area contributed by atoms with Gasteiger partial charge in [0.15, 0.2) is 5.78 Å². The van der Waals surface area contributed by atoms with Crippen molar-refractivity contribution >= 4 is 17.4 Å². The number of ketones is 1. The van der Waals surface area contributed by atoms with Gasteiger partial charge in [-0.2, -0.15) is 0 Å². The molecular formula is C25H33NO6. The molecule has 2 rings (SSSR count). The minimum Gasteiger partial charge on any atom is -0.508 e. The van der Waals surface area contributed by atoms with Crippen LogP contribution in [0.2, 0.25) is 0 Å². The van der Waals surface area contributed by atoms with E-state index in [1.165, 1.54) is 13.2 Å². The summed E-state index contributed by atoms with van der Waals surface area (Å²) in [6.07, 6.45) is 4.35. The number of aromatic hydroxyl groups is 1. The number of phenolic OH excluding ortho intramolecular Hbond substituents is 1. The topological polar surface area (TPSA) is 116 Å². The Hall–Kier alpha value is -2.74. The van der Waals surface area contributed by atoms with Crippen LogP contribution in [-0.2, 0) is 20.7 Å². The van der Waals surface area contributed by atoms with Crippen molar-refractivity contribution in [2.24, 2.45) is 5.92 Å². The number of carbonyl (C=O) groups excluding carboxylic acids is 2. The van der Waals surface area contributed by atoms with Crippen LogP contribution in [0, 0.1) is 5.92 Å². The molecule has 1 aromatic carbocycles. The number of aliphatic hydroxyl groups excluding tert-OH is 2. The van der Waals surface area contributed by atoms with Gasteiger partial charge in [0.05, 0.1) is 18.6 Å². The number of rotatable bonds is 1. The maximum atomic E-state index is 12.6. The van der Waals surface area contributed by atoms with E-state index in [0.29, 0.717) is 17.7 Å². The quantitative estimate of drug-likeness (QED) is 0.496. The van der Waals surface area contributed by atoms with Gasteiger partial charge in [0.1, 0.15) is 11.9 Å². The summed E-state index contributed by atoms with van der Waals surface area (Å²) >= 11 is 0. The normalized spacial score (nSPS) is 30.6. The maximum absolute atomic E-state index is 12.6. The van der Waals surface area contributed by atoms with Crippen molar-refractivity contribution < 1.29 is 29.6 Å². The summed E-state index contributed by atoms with van der Waals surface area (Å²) in [5.74, 6) is -1.04. The van der Waals surface area contributed by atoms with Gasteiger partial charge in [0.25, 0.3) is 0 Å². The molecule has 1 aromatic rings. The highest BCUT2D eigenvalue weighted by Gasteiger charge is 2.23. The minimum atomic E-state index is -1.04. The monoisotopic (exact) mass is 443 g/mol. The molecule has 2 bridgehead atoms. The minimum absolute atomic E-state index is 0.0246. The van der Waals surface area contributed by atoms with Crippen molar-refractivity contribution in [2.75, 3.05) is 12.4 Å². The van der Waals surface area contributed by atoms with Crippen LogP contribution in [0.5, 0.6) is 5.75 Å². The summed E-state index contributed by atoms with van der Waals surface area (Å²) in [5.41, 5.74) is 2.73. The highest BCUT2D eigenvalue weighted by Crippen LogP contribution is 2.23. The van der Waals surface area contributed by atoms with Crippen LogP contribution in [0.1, 0.15) is 39.2 Å². The van der Waals surface area contributed by atoms with E-state index in [-0.39, 0.29) is 24.4 Å². The van der Waals surface area contributed by atoms with Gasteiger partial charge < -0.3 is 25.4 Å². The summed E-state index contributed by atoms with van der Waals surface area (Å²) in [4.78, 5) is 25.0. The number of methoxy groups -OCH3 is 1. The van der Waals surface area contributed by atoms with Gasteiger partial charge in [-0.05, 0) is 49.6 Å². The van der Waals surface area contributed by atoms with E-state index >= 15 is 0 Å². The first-order chi connectivity index (χ1) is 15.1. The molecule has 0 aliphatic carbocycles. The van der Waals surface area contributed by atoms with E-state index < -0.39 is 30.1 Å². The second-order valence-corrected chi connectivity index (χ2v) is 8.39. The number of Topliss-reactive ketones (excluding diaryl/α,β-unsaturated/α-hetero) is 1. The first kappa shape index (κ1) is 25.5. The molecule has 7 nitrogen and oxygen atoms in total. The molecule has 32 heavy (non-hydrogen) atoms. The molecule has 7 heteroatoms. The number of hydrogen-bond donors (Lipinski definition) is 4. The fourth-order valence-electron chi connectivity index (χ4n) is 3.56. The lowest BCUT2D eigenvalue weighted by atomic mass is 9.94. The summed E-state index contributed by atoms with van der Waals surface area (Å²) in [5, 5.41) is 33.6. The Kier molecular flexibility index (Phi) is 9.38. The van der Waals surface area contributed by atoms with Crippen LogP contribution in [0.4, 0.5) is 5.69 Å². The number of amides is 1. The van der Waals surface area contributed by atoms with Crippen molar-refractivity contribution in [3.05, 3.63) is 59.2 Å². The highest BCUT2D eigenvalue weighted by atomic mass is 16.5. The summed E-state index contributed by atoms with van der Waals surface area (Å²) < 4.78 is 5.27. The molecule has 0 radical (unpaired) electrons. The summed E-state index contributed by atoms with van der Waals surface area (Å²) in [6, 6.07) is 4.83.